The summed E-state index contributed by atoms with van der Waals surface area (Å²) < 4.78 is 33.9. The molecule has 2 aromatic heterocycles. The van der Waals surface area contributed by atoms with Crippen LogP contribution >= 0.6 is 11.3 Å². The highest BCUT2D eigenvalue weighted by molar-refractivity contribution is 7.14. The van der Waals surface area contributed by atoms with Gasteiger partial charge in [-0.3, -0.25) is 4.79 Å². The minimum absolute atomic E-state index is 0.0150. The molecule has 0 aliphatic carbocycles. The van der Waals surface area contributed by atoms with Crippen LogP contribution < -0.4 is 10.6 Å². The SMILES string of the molecule is Cn1ccc2cc(-c3csc(N4CCC(C(N)=O)CC4)n3)ccc21.O=C(O)C(F)(F)F. The summed E-state index contributed by atoms with van der Waals surface area (Å²) in [5.74, 6) is -2.92. The second-order valence-electron chi connectivity index (χ2n) is 7.18. The van der Waals surface area contributed by atoms with Gasteiger partial charge < -0.3 is 20.3 Å². The molecule has 1 fully saturated rings. The third-order valence-corrected chi connectivity index (χ3v) is 5.98. The number of fused-ring (bicyclic) bond motifs is 1. The van der Waals surface area contributed by atoms with Crippen molar-refractivity contribution in [3.8, 4) is 11.3 Å². The largest absolute Gasteiger partial charge is 0.490 e. The number of nitrogens with two attached hydrogens (primary N) is 1. The Bertz CT molecular complexity index is 1080. The van der Waals surface area contributed by atoms with E-state index < -0.39 is 12.1 Å². The number of primary amides is 1. The van der Waals surface area contributed by atoms with Crippen LogP contribution in [0.3, 0.4) is 0 Å². The van der Waals surface area contributed by atoms with Crippen LogP contribution in [0.2, 0.25) is 0 Å². The molecule has 1 aromatic carbocycles. The molecule has 0 saturated carbocycles. The van der Waals surface area contributed by atoms with E-state index in [1.807, 2.05) is 0 Å². The summed E-state index contributed by atoms with van der Waals surface area (Å²) in [6.45, 7) is 1.69. The number of rotatable bonds is 3. The van der Waals surface area contributed by atoms with Crippen LogP contribution in [0.25, 0.3) is 22.2 Å². The monoisotopic (exact) mass is 454 g/mol. The molecule has 1 aliphatic rings. The zero-order valence-electron chi connectivity index (χ0n) is 16.6. The van der Waals surface area contributed by atoms with Crippen molar-refractivity contribution in [3.63, 3.8) is 0 Å². The summed E-state index contributed by atoms with van der Waals surface area (Å²) in [7, 11) is 2.05. The number of alkyl halides is 3. The molecule has 0 bridgehead atoms. The number of aliphatic carboxylic acids is 1. The fourth-order valence-electron chi connectivity index (χ4n) is 3.34. The van der Waals surface area contributed by atoms with Crippen molar-refractivity contribution in [2.75, 3.05) is 18.0 Å². The van der Waals surface area contributed by atoms with E-state index >= 15 is 0 Å². The van der Waals surface area contributed by atoms with Crippen molar-refractivity contribution in [3.05, 3.63) is 35.8 Å². The lowest BCUT2D eigenvalue weighted by atomic mass is 9.97. The van der Waals surface area contributed by atoms with Gasteiger partial charge >= 0.3 is 12.1 Å². The van der Waals surface area contributed by atoms with Crippen LogP contribution in [-0.2, 0) is 16.6 Å². The zero-order valence-corrected chi connectivity index (χ0v) is 17.4. The molecule has 0 atom stereocenters. The number of carbonyl (C=O) groups is 2. The van der Waals surface area contributed by atoms with Gasteiger partial charge in [-0.05, 0) is 31.0 Å². The van der Waals surface area contributed by atoms with E-state index in [1.165, 1.54) is 10.9 Å². The number of carboxylic acid groups (broad SMARTS) is 1. The number of anilines is 1. The predicted molar refractivity (Wildman–Crippen MR) is 112 cm³/mol. The Hall–Kier alpha value is -3.08. The Kier molecular flexibility index (Phi) is 6.54. The molecule has 31 heavy (non-hydrogen) atoms. The van der Waals surface area contributed by atoms with Gasteiger partial charge in [0.25, 0.3) is 0 Å². The standard InChI is InChI=1S/C18H20N4OS.C2HF3O2/c1-21-7-4-14-10-13(2-3-16(14)21)15-11-24-18(20-15)22-8-5-12(6-9-22)17(19)23;3-2(4,5)1(6)7/h2-4,7,10-12H,5-6,8-9H2,1H3,(H2,19,23);(H,6,7). The first-order chi connectivity index (χ1) is 14.6. The lowest BCUT2D eigenvalue weighted by molar-refractivity contribution is -0.192. The van der Waals surface area contributed by atoms with E-state index in [-0.39, 0.29) is 11.8 Å². The van der Waals surface area contributed by atoms with E-state index in [1.54, 1.807) is 11.3 Å². The summed E-state index contributed by atoms with van der Waals surface area (Å²) in [6, 6.07) is 8.58. The lowest BCUT2D eigenvalue weighted by Crippen LogP contribution is -2.38. The summed E-state index contributed by atoms with van der Waals surface area (Å²) in [6.07, 6.45) is -1.37. The molecular formula is C20H21F3N4O3S. The lowest BCUT2D eigenvalue weighted by Gasteiger charge is -2.30. The van der Waals surface area contributed by atoms with Gasteiger partial charge in [0, 0.05) is 54.1 Å². The maximum Gasteiger partial charge on any atom is 0.490 e. The van der Waals surface area contributed by atoms with Gasteiger partial charge in [0.2, 0.25) is 5.91 Å². The van der Waals surface area contributed by atoms with Crippen molar-refractivity contribution in [2.45, 2.75) is 19.0 Å². The molecule has 3 heterocycles. The number of halogens is 3. The maximum absolute atomic E-state index is 11.3. The summed E-state index contributed by atoms with van der Waals surface area (Å²) >= 11 is 1.66. The minimum Gasteiger partial charge on any atom is -0.475 e. The van der Waals surface area contributed by atoms with Crippen LogP contribution in [0.5, 0.6) is 0 Å². The smallest absolute Gasteiger partial charge is 0.475 e. The van der Waals surface area contributed by atoms with Crippen molar-refractivity contribution in [2.24, 2.45) is 18.7 Å². The number of aromatic nitrogens is 2. The molecule has 0 spiro atoms. The van der Waals surface area contributed by atoms with Crippen molar-refractivity contribution in [1.82, 2.24) is 9.55 Å². The van der Waals surface area contributed by atoms with Crippen molar-refractivity contribution < 1.29 is 27.9 Å². The average Bonchev–Trinajstić information content (AvgIpc) is 3.35. The number of aryl methyl sites for hydroxylation is 1. The van der Waals surface area contributed by atoms with Crippen LogP contribution in [0.15, 0.2) is 35.8 Å². The van der Waals surface area contributed by atoms with Gasteiger partial charge in [-0.15, -0.1) is 11.3 Å². The van der Waals surface area contributed by atoms with Crippen LogP contribution in [-0.4, -0.2) is 45.8 Å². The molecular weight excluding hydrogens is 433 g/mol. The molecule has 1 saturated heterocycles. The normalized spacial score (nSPS) is 14.9. The van der Waals surface area contributed by atoms with E-state index in [2.05, 4.69) is 52.4 Å². The van der Waals surface area contributed by atoms with E-state index in [0.717, 1.165) is 42.3 Å². The van der Waals surface area contributed by atoms with Crippen molar-refractivity contribution >= 4 is 39.2 Å². The molecule has 11 heteroatoms. The van der Waals surface area contributed by atoms with Gasteiger partial charge in [-0.25, -0.2) is 9.78 Å². The first kappa shape index (κ1) is 22.6. The molecule has 1 amide bonds. The zero-order chi connectivity index (χ0) is 22.8. The van der Waals surface area contributed by atoms with Gasteiger partial charge in [0.05, 0.1) is 5.69 Å². The van der Waals surface area contributed by atoms with Crippen LogP contribution in [0, 0.1) is 5.92 Å². The highest BCUT2D eigenvalue weighted by atomic mass is 32.1. The fraction of sp³-hybridized carbons (Fsp3) is 0.350. The Balaban J connectivity index is 0.000000339. The summed E-state index contributed by atoms with van der Waals surface area (Å²) in [5, 5.41) is 11.5. The Labute approximate surface area is 179 Å². The molecule has 0 radical (unpaired) electrons. The van der Waals surface area contributed by atoms with Gasteiger partial charge in [0.15, 0.2) is 5.13 Å². The van der Waals surface area contributed by atoms with E-state index in [9.17, 15) is 18.0 Å². The third-order valence-electron chi connectivity index (χ3n) is 5.08. The topological polar surface area (TPSA) is 101 Å². The second-order valence-corrected chi connectivity index (χ2v) is 8.02. The Morgan fingerprint density at radius 2 is 1.87 bits per heavy atom. The highest BCUT2D eigenvalue weighted by Crippen LogP contribution is 2.31. The minimum atomic E-state index is -5.08. The number of benzene rings is 1. The number of hydrogen-bond donors (Lipinski definition) is 2. The first-order valence-electron chi connectivity index (χ1n) is 9.41. The highest BCUT2D eigenvalue weighted by Gasteiger charge is 2.38. The molecule has 1 aliphatic heterocycles. The number of carboxylic acids is 1. The van der Waals surface area contributed by atoms with Crippen molar-refractivity contribution in [1.29, 1.82) is 0 Å². The molecule has 0 unspecified atom stereocenters. The molecule has 3 N–H and O–H groups in total. The Morgan fingerprint density at radius 3 is 2.45 bits per heavy atom. The maximum atomic E-state index is 11.3. The fourth-order valence-corrected chi connectivity index (χ4v) is 4.23. The quantitative estimate of drug-likeness (QED) is 0.629. The second kappa shape index (κ2) is 8.96. The number of nitrogens with zero attached hydrogens (tertiary/aromatic N) is 3. The average molecular weight is 454 g/mol. The molecule has 7 nitrogen and oxygen atoms in total. The number of thiazole rings is 1. The number of carbonyl (C=O) groups excluding carboxylic acids is 1. The number of amides is 1. The number of hydrogen-bond acceptors (Lipinski definition) is 5. The molecule has 4 rings (SSSR count). The molecule has 166 valence electrons. The third kappa shape index (κ3) is 5.35. The predicted octanol–water partition coefficient (Wildman–Crippen LogP) is 3.64. The van der Waals surface area contributed by atoms with Crippen LogP contribution in [0.1, 0.15) is 12.8 Å². The van der Waals surface area contributed by atoms with Crippen LogP contribution in [0.4, 0.5) is 18.3 Å². The molecule has 3 aromatic rings. The van der Waals surface area contributed by atoms with Gasteiger partial charge in [-0.2, -0.15) is 13.2 Å². The van der Waals surface area contributed by atoms with Gasteiger partial charge in [0.1, 0.15) is 0 Å². The number of piperidine rings is 1. The Morgan fingerprint density at radius 1 is 1.23 bits per heavy atom. The summed E-state index contributed by atoms with van der Waals surface area (Å²) in [4.78, 5) is 27.2. The summed E-state index contributed by atoms with van der Waals surface area (Å²) in [5.41, 5.74) is 8.78. The first-order valence-corrected chi connectivity index (χ1v) is 10.3. The van der Waals surface area contributed by atoms with Gasteiger partial charge in [-0.1, -0.05) is 6.07 Å². The van der Waals surface area contributed by atoms with E-state index in [0.29, 0.717) is 0 Å². The van der Waals surface area contributed by atoms with E-state index in [4.69, 9.17) is 20.6 Å².